The quantitative estimate of drug-likeness (QED) is 0.774. The Morgan fingerprint density at radius 3 is 2.83 bits per heavy atom. The average Bonchev–Trinajstić information content (AvgIpc) is 2.70. The van der Waals surface area contributed by atoms with Crippen LogP contribution in [0, 0.1) is 13.8 Å². The lowest BCUT2D eigenvalue weighted by Crippen LogP contribution is -2.10. The molecule has 4 heteroatoms. The van der Waals surface area contributed by atoms with Crippen molar-refractivity contribution in [2.45, 2.75) is 33.7 Å². The Balaban J connectivity index is 2.24. The van der Waals surface area contributed by atoms with Crippen LogP contribution in [-0.2, 0) is 13.0 Å². The van der Waals surface area contributed by atoms with Crippen molar-refractivity contribution >= 4 is 5.78 Å². The zero-order chi connectivity index (χ0) is 13.1. The second-order valence-corrected chi connectivity index (χ2v) is 4.38. The third-order valence-corrected chi connectivity index (χ3v) is 2.95. The van der Waals surface area contributed by atoms with Crippen LogP contribution < -0.4 is 0 Å². The molecular weight excluding hydrogens is 226 g/mol. The summed E-state index contributed by atoms with van der Waals surface area (Å²) >= 11 is 0. The third kappa shape index (κ3) is 2.47. The number of ketones is 1. The van der Waals surface area contributed by atoms with Crippen LogP contribution >= 0.6 is 0 Å². The number of rotatable bonds is 4. The SMILES string of the molecule is CCn1nc(C)cc1CC(=O)c1ccncc1C. The number of hydrogen-bond acceptors (Lipinski definition) is 3. The van der Waals surface area contributed by atoms with Gasteiger partial charge in [0.25, 0.3) is 0 Å². The fourth-order valence-corrected chi connectivity index (χ4v) is 2.06. The summed E-state index contributed by atoms with van der Waals surface area (Å²) in [5.41, 5.74) is 3.58. The highest BCUT2D eigenvalue weighted by atomic mass is 16.1. The van der Waals surface area contributed by atoms with Gasteiger partial charge in [0.2, 0.25) is 0 Å². The minimum Gasteiger partial charge on any atom is -0.294 e. The van der Waals surface area contributed by atoms with Crippen LogP contribution in [0.4, 0.5) is 0 Å². The molecule has 0 N–H and O–H groups in total. The highest BCUT2D eigenvalue weighted by Gasteiger charge is 2.13. The van der Waals surface area contributed by atoms with Crippen molar-refractivity contribution in [1.82, 2.24) is 14.8 Å². The van der Waals surface area contributed by atoms with E-state index in [-0.39, 0.29) is 5.78 Å². The second-order valence-electron chi connectivity index (χ2n) is 4.38. The van der Waals surface area contributed by atoms with Gasteiger partial charge in [0.15, 0.2) is 5.78 Å². The second kappa shape index (κ2) is 5.12. The Morgan fingerprint density at radius 1 is 1.39 bits per heavy atom. The molecule has 4 nitrogen and oxygen atoms in total. The van der Waals surface area contributed by atoms with Gasteiger partial charge in [0.05, 0.1) is 12.1 Å². The number of carbonyl (C=O) groups is 1. The lowest BCUT2D eigenvalue weighted by molar-refractivity contribution is 0.0990. The summed E-state index contributed by atoms with van der Waals surface area (Å²) in [6, 6.07) is 3.75. The maximum Gasteiger partial charge on any atom is 0.169 e. The fourth-order valence-electron chi connectivity index (χ4n) is 2.06. The number of aryl methyl sites for hydroxylation is 3. The van der Waals surface area contributed by atoms with E-state index >= 15 is 0 Å². The molecule has 2 aromatic rings. The van der Waals surface area contributed by atoms with E-state index in [1.807, 2.05) is 31.5 Å². The van der Waals surface area contributed by atoms with E-state index < -0.39 is 0 Å². The Bertz CT molecular complexity index is 572. The van der Waals surface area contributed by atoms with Crippen LogP contribution in [0.25, 0.3) is 0 Å². The van der Waals surface area contributed by atoms with Gasteiger partial charge in [-0.25, -0.2) is 0 Å². The number of carbonyl (C=O) groups excluding carboxylic acids is 1. The molecule has 0 saturated carbocycles. The van der Waals surface area contributed by atoms with Crippen molar-refractivity contribution in [3.8, 4) is 0 Å². The third-order valence-electron chi connectivity index (χ3n) is 2.95. The van der Waals surface area contributed by atoms with Gasteiger partial charge in [-0.05, 0) is 38.5 Å². The van der Waals surface area contributed by atoms with Gasteiger partial charge < -0.3 is 0 Å². The molecule has 2 rings (SSSR count). The molecule has 2 aromatic heterocycles. The van der Waals surface area contributed by atoms with Crippen LogP contribution in [0.15, 0.2) is 24.5 Å². The van der Waals surface area contributed by atoms with Gasteiger partial charge >= 0.3 is 0 Å². The summed E-state index contributed by atoms with van der Waals surface area (Å²) in [6.45, 7) is 6.66. The predicted molar refractivity (Wildman–Crippen MR) is 69.6 cm³/mol. The number of aromatic nitrogens is 3. The highest BCUT2D eigenvalue weighted by molar-refractivity contribution is 5.98. The minimum atomic E-state index is 0.115. The van der Waals surface area contributed by atoms with Crippen LogP contribution in [0.3, 0.4) is 0 Å². The van der Waals surface area contributed by atoms with E-state index in [0.29, 0.717) is 6.42 Å². The molecule has 0 fully saturated rings. The molecule has 0 aromatic carbocycles. The molecule has 0 unspecified atom stereocenters. The molecule has 0 aliphatic carbocycles. The summed E-state index contributed by atoms with van der Waals surface area (Å²) in [7, 11) is 0. The fraction of sp³-hybridized carbons (Fsp3) is 0.357. The van der Waals surface area contributed by atoms with E-state index in [1.165, 1.54) is 0 Å². The van der Waals surface area contributed by atoms with E-state index in [0.717, 1.165) is 29.1 Å². The molecule has 0 aliphatic heterocycles. The van der Waals surface area contributed by atoms with Crippen LogP contribution in [0.2, 0.25) is 0 Å². The van der Waals surface area contributed by atoms with Crippen LogP contribution in [0.5, 0.6) is 0 Å². The van der Waals surface area contributed by atoms with Crippen molar-refractivity contribution in [2.24, 2.45) is 0 Å². The van der Waals surface area contributed by atoms with Crippen molar-refractivity contribution in [1.29, 1.82) is 0 Å². The predicted octanol–water partition coefficient (Wildman–Crippen LogP) is 2.34. The first-order valence-electron chi connectivity index (χ1n) is 6.09. The summed E-state index contributed by atoms with van der Waals surface area (Å²) in [5, 5.41) is 4.35. The molecule has 0 bridgehead atoms. The van der Waals surface area contributed by atoms with E-state index in [9.17, 15) is 4.79 Å². The zero-order valence-corrected chi connectivity index (χ0v) is 11.0. The number of nitrogens with zero attached hydrogens (tertiary/aromatic N) is 3. The highest BCUT2D eigenvalue weighted by Crippen LogP contribution is 2.12. The van der Waals surface area contributed by atoms with Crippen molar-refractivity contribution in [2.75, 3.05) is 0 Å². The Labute approximate surface area is 107 Å². The summed E-state index contributed by atoms with van der Waals surface area (Å²) in [6.07, 6.45) is 3.76. The van der Waals surface area contributed by atoms with E-state index in [2.05, 4.69) is 10.1 Å². The Morgan fingerprint density at radius 2 is 2.17 bits per heavy atom. The molecule has 94 valence electrons. The Kier molecular flexibility index (Phi) is 3.55. The maximum atomic E-state index is 12.2. The molecule has 0 spiro atoms. The van der Waals surface area contributed by atoms with E-state index in [4.69, 9.17) is 0 Å². The lowest BCUT2D eigenvalue weighted by Gasteiger charge is -2.05. The largest absolute Gasteiger partial charge is 0.294 e. The minimum absolute atomic E-state index is 0.115. The standard InChI is InChI=1S/C14H17N3O/c1-4-17-12(7-11(3)16-17)8-14(18)13-5-6-15-9-10(13)2/h5-7,9H,4,8H2,1-3H3. The molecule has 0 saturated heterocycles. The number of Topliss-reactive ketones (excluding diaryl/α,β-unsaturated/α-hetero) is 1. The molecule has 0 aliphatic rings. The number of hydrogen-bond donors (Lipinski definition) is 0. The average molecular weight is 243 g/mol. The van der Waals surface area contributed by atoms with Gasteiger partial charge in [0, 0.05) is 30.2 Å². The van der Waals surface area contributed by atoms with Gasteiger partial charge in [-0.2, -0.15) is 5.10 Å². The number of pyridine rings is 1. The van der Waals surface area contributed by atoms with Crippen LogP contribution in [-0.4, -0.2) is 20.5 Å². The lowest BCUT2D eigenvalue weighted by atomic mass is 10.0. The first-order chi connectivity index (χ1) is 8.61. The van der Waals surface area contributed by atoms with Crippen LogP contribution in [0.1, 0.15) is 34.2 Å². The van der Waals surface area contributed by atoms with Gasteiger partial charge in [-0.15, -0.1) is 0 Å². The molecule has 2 heterocycles. The summed E-state index contributed by atoms with van der Waals surface area (Å²) in [4.78, 5) is 16.2. The normalized spacial score (nSPS) is 10.6. The molecule has 0 radical (unpaired) electrons. The molecule has 0 atom stereocenters. The van der Waals surface area contributed by atoms with Gasteiger partial charge in [0.1, 0.15) is 0 Å². The molecular formula is C14H17N3O. The molecule has 18 heavy (non-hydrogen) atoms. The smallest absolute Gasteiger partial charge is 0.169 e. The van der Waals surface area contributed by atoms with Crippen molar-refractivity contribution in [3.05, 3.63) is 47.0 Å². The maximum absolute atomic E-state index is 12.2. The zero-order valence-electron chi connectivity index (χ0n) is 11.0. The van der Waals surface area contributed by atoms with Gasteiger partial charge in [-0.1, -0.05) is 0 Å². The van der Waals surface area contributed by atoms with Crippen molar-refractivity contribution < 1.29 is 4.79 Å². The summed E-state index contributed by atoms with van der Waals surface area (Å²) < 4.78 is 1.88. The Hall–Kier alpha value is -1.97. The van der Waals surface area contributed by atoms with Crippen molar-refractivity contribution in [3.63, 3.8) is 0 Å². The monoisotopic (exact) mass is 243 g/mol. The topological polar surface area (TPSA) is 47.8 Å². The first-order valence-corrected chi connectivity index (χ1v) is 6.09. The van der Waals surface area contributed by atoms with E-state index in [1.54, 1.807) is 18.5 Å². The molecule has 0 amide bonds. The summed E-state index contributed by atoms with van der Waals surface area (Å²) in [5.74, 6) is 0.115. The first kappa shape index (κ1) is 12.5. The van der Waals surface area contributed by atoms with Gasteiger partial charge in [-0.3, -0.25) is 14.5 Å².